The fourth-order valence-corrected chi connectivity index (χ4v) is 2.81. The van der Waals surface area contributed by atoms with E-state index in [0.717, 1.165) is 17.7 Å². The Kier molecular flexibility index (Phi) is 6.81. The van der Waals surface area contributed by atoms with Gasteiger partial charge in [-0.2, -0.15) is 0 Å². The Morgan fingerprint density at radius 1 is 1.08 bits per heavy atom. The Morgan fingerprint density at radius 2 is 1.69 bits per heavy atom. The van der Waals surface area contributed by atoms with Crippen LogP contribution in [0.2, 0.25) is 0 Å². The molecule has 0 heterocycles. The zero-order chi connectivity index (χ0) is 19.2. The minimum absolute atomic E-state index is 0.0296. The van der Waals surface area contributed by atoms with Gasteiger partial charge in [0.05, 0.1) is 6.54 Å². The van der Waals surface area contributed by atoms with Crippen LogP contribution in [0.25, 0.3) is 0 Å². The number of likely N-dealkylation sites (N-methyl/N-ethyl adjacent to an activating group) is 1. The minimum atomic E-state index is -0.817. The first-order valence-corrected chi connectivity index (χ1v) is 8.98. The molecule has 0 amide bonds. The number of ether oxygens (including phenoxy) is 1. The van der Waals surface area contributed by atoms with Crippen LogP contribution in [0, 0.1) is 0 Å². The molecule has 2 rings (SSSR count). The van der Waals surface area contributed by atoms with E-state index < -0.39 is 5.97 Å². The minimum Gasteiger partial charge on any atom is -0.486 e. The van der Waals surface area contributed by atoms with E-state index >= 15 is 0 Å². The first-order chi connectivity index (χ1) is 12.3. The van der Waals surface area contributed by atoms with Gasteiger partial charge in [-0.3, -0.25) is 9.69 Å². The molecule has 4 nitrogen and oxygen atoms in total. The number of nitrogens with zero attached hydrogens (tertiary/aromatic N) is 1. The maximum Gasteiger partial charge on any atom is 0.317 e. The number of hydrogen-bond acceptors (Lipinski definition) is 3. The molecule has 0 aliphatic rings. The van der Waals surface area contributed by atoms with E-state index in [1.807, 2.05) is 49.5 Å². The maximum atomic E-state index is 10.9. The molecule has 1 N–H and O–H groups in total. The highest BCUT2D eigenvalue weighted by molar-refractivity contribution is 5.68. The van der Waals surface area contributed by atoms with Crippen molar-refractivity contribution in [2.45, 2.75) is 38.7 Å². The topological polar surface area (TPSA) is 49.8 Å². The van der Waals surface area contributed by atoms with Crippen molar-refractivity contribution in [1.29, 1.82) is 0 Å². The Morgan fingerprint density at radius 3 is 2.23 bits per heavy atom. The quantitative estimate of drug-likeness (QED) is 0.757. The molecule has 0 aliphatic heterocycles. The first kappa shape index (κ1) is 20.0. The number of carboxylic acid groups (broad SMARTS) is 1. The van der Waals surface area contributed by atoms with Gasteiger partial charge in [-0.05, 0) is 35.7 Å². The monoisotopic (exact) mass is 355 g/mol. The summed E-state index contributed by atoms with van der Waals surface area (Å²) in [7, 11) is 1.81. The SMILES string of the molecule is CN(CC[C@@H](Oc1ccc(C(C)(C)C)cc1)c1ccccc1)CC(=O)O. The first-order valence-electron chi connectivity index (χ1n) is 8.98. The van der Waals surface area contributed by atoms with Gasteiger partial charge < -0.3 is 9.84 Å². The molecule has 4 heteroatoms. The standard InChI is InChI=1S/C22H29NO3/c1-22(2,3)18-10-12-19(13-11-18)26-20(17-8-6-5-7-9-17)14-15-23(4)16-21(24)25/h5-13,20H,14-16H2,1-4H3,(H,24,25)/t20-/m1/s1. The molecule has 0 unspecified atom stereocenters. The second-order valence-electron chi connectivity index (χ2n) is 7.71. The molecule has 0 fully saturated rings. The molecule has 0 aliphatic carbocycles. The number of aliphatic carboxylic acids is 1. The van der Waals surface area contributed by atoms with Gasteiger partial charge in [0, 0.05) is 13.0 Å². The summed E-state index contributed by atoms with van der Waals surface area (Å²) in [4.78, 5) is 12.7. The summed E-state index contributed by atoms with van der Waals surface area (Å²) in [5, 5.41) is 8.92. The van der Waals surface area contributed by atoms with Crippen molar-refractivity contribution in [3.8, 4) is 5.75 Å². The lowest BCUT2D eigenvalue weighted by atomic mass is 9.87. The van der Waals surface area contributed by atoms with Crippen molar-refractivity contribution in [1.82, 2.24) is 4.90 Å². The fraction of sp³-hybridized carbons (Fsp3) is 0.409. The van der Waals surface area contributed by atoms with Crippen molar-refractivity contribution < 1.29 is 14.6 Å². The second-order valence-corrected chi connectivity index (χ2v) is 7.71. The zero-order valence-corrected chi connectivity index (χ0v) is 16.1. The van der Waals surface area contributed by atoms with Gasteiger partial charge in [0.2, 0.25) is 0 Å². The smallest absolute Gasteiger partial charge is 0.317 e. The van der Waals surface area contributed by atoms with Crippen LogP contribution in [-0.2, 0) is 10.2 Å². The van der Waals surface area contributed by atoms with Crippen molar-refractivity contribution in [3.63, 3.8) is 0 Å². The number of carboxylic acids is 1. The van der Waals surface area contributed by atoms with Gasteiger partial charge in [0.25, 0.3) is 0 Å². The number of benzene rings is 2. The average molecular weight is 355 g/mol. The van der Waals surface area contributed by atoms with Crippen LogP contribution in [0.3, 0.4) is 0 Å². The Labute approximate surface area is 156 Å². The molecule has 2 aromatic carbocycles. The number of carbonyl (C=O) groups is 1. The molecule has 0 aromatic heterocycles. The van der Waals surface area contributed by atoms with E-state index in [2.05, 4.69) is 32.9 Å². The second kappa shape index (κ2) is 8.86. The van der Waals surface area contributed by atoms with Crippen molar-refractivity contribution >= 4 is 5.97 Å². The molecule has 140 valence electrons. The number of hydrogen-bond donors (Lipinski definition) is 1. The van der Waals surface area contributed by atoms with Gasteiger partial charge >= 0.3 is 5.97 Å². The van der Waals surface area contributed by atoms with Crippen molar-refractivity contribution in [2.24, 2.45) is 0 Å². The Bertz CT molecular complexity index is 690. The molecule has 0 spiro atoms. The summed E-state index contributed by atoms with van der Waals surface area (Å²) in [5.74, 6) is 0.00943. The van der Waals surface area contributed by atoms with Crippen LogP contribution in [0.5, 0.6) is 5.75 Å². The van der Waals surface area contributed by atoms with Gasteiger partial charge in [-0.25, -0.2) is 0 Å². The van der Waals surface area contributed by atoms with Gasteiger partial charge in [-0.15, -0.1) is 0 Å². The molecular formula is C22H29NO3. The largest absolute Gasteiger partial charge is 0.486 e. The van der Waals surface area contributed by atoms with Gasteiger partial charge in [0.15, 0.2) is 0 Å². The van der Waals surface area contributed by atoms with Crippen LogP contribution >= 0.6 is 0 Å². The highest BCUT2D eigenvalue weighted by Gasteiger charge is 2.17. The third-order valence-corrected chi connectivity index (χ3v) is 4.35. The third-order valence-electron chi connectivity index (χ3n) is 4.35. The van der Waals surface area contributed by atoms with Crippen molar-refractivity contribution in [2.75, 3.05) is 20.1 Å². The summed E-state index contributed by atoms with van der Waals surface area (Å²) in [5.41, 5.74) is 2.47. The normalized spacial score (nSPS) is 12.8. The highest BCUT2D eigenvalue weighted by Crippen LogP contribution is 2.28. The van der Waals surface area contributed by atoms with Crippen LogP contribution in [-0.4, -0.2) is 36.1 Å². The lowest BCUT2D eigenvalue weighted by Gasteiger charge is -2.23. The molecule has 0 bridgehead atoms. The Balaban J connectivity index is 2.10. The molecule has 2 aromatic rings. The lowest BCUT2D eigenvalue weighted by Crippen LogP contribution is -2.28. The molecule has 0 radical (unpaired) electrons. The summed E-state index contributed by atoms with van der Waals surface area (Å²) in [6.45, 7) is 7.24. The molecular weight excluding hydrogens is 326 g/mol. The average Bonchev–Trinajstić information content (AvgIpc) is 2.58. The molecule has 1 atom stereocenters. The maximum absolute atomic E-state index is 10.9. The van der Waals surface area contributed by atoms with Crippen LogP contribution in [0.4, 0.5) is 0 Å². The van der Waals surface area contributed by atoms with E-state index in [1.54, 1.807) is 4.90 Å². The molecule has 0 saturated carbocycles. The lowest BCUT2D eigenvalue weighted by molar-refractivity contribution is -0.138. The predicted octanol–water partition coefficient (Wildman–Crippen LogP) is 4.51. The highest BCUT2D eigenvalue weighted by atomic mass is 16.5. The summed E-state index contributed by atoms with van der Waals surface area (Å²) >= 11 is 0. The summed E-state index contributed by atoms with van der Waals surface area (Å²) in [6.07, 6.45) is 0.599. The fourth-order valence-electron chi connectivity index (χ4n) is 2.81. The Hall–Kier alpha value is -2.33. The van der Waals surface area contributed by atoms with Crippen LogP contribution in [0.1, 0.15) is 44.4 Å². The van der Waals surface area contributed by atoms with E-state index in [4.69, 9.17) is 9.84 Å². The van der Waals surface area contributed by atoms with Crippen LogP contribution < -0.4 is 4.74 Å². The van der Waals surface area contributed by atoms with E-state index in [9.17, 15) is 4.79 Å². The summed E-state index contributed by atoms with van der Waals surface area (Å²) < 4.78 is 6.25. The number of rotatable bonds is 8. The van der Waals surface area contributed by atoms with E-state index in [1.165, 1.54) is 5.56 Å². The van der Waals surface area contributed by atoms with Crippen molar-refractivity contribution in [3.05, 3.63) is 65.7 Å². The molecule has 0 saturated heterocycles. The predicted molar refractivity (Wildman–Crippen MR) is 105 cm³/mol. The summed E-state index contributed by atoms with van der Waals surface area (Å²) in [6, 6.07) is 18.3. The zero-order valence-electron chi connectivity index (χ0n) is 16.1. The molecule has 26 heavy (non-hydrogen) atoms. The van der Waals surface area contributed by atoms with E-state index in [0.29, 0.717) is 6.54 Å². The van der Waals surface area contributed by atoms with Gasteiger partial charge in [0.1, 0.15) is 11.9 Å². The van der Waals surface area contributed by atoms with E-state index in [-0.39, 0.29) is 18.1 Å². The van der Waals surface area contributed by atoms with Crippen LogP contribution in [0.15, 0.2) is 54.6 Å². The van der Waals surface area contributed by atoms with Gasteiger partial charge in [-0.1, -0.05) is 63.2 Å². The third kappa shape index (κ3) is 6.19.